The van der Waals surface area contributed by atoms with Gasteiger partial charge in [0.2, 0.25) is 5.91 Å². The van der Waals surface area contributed by atoms with Crippen LogP contribution in [0.2, 0.25) is 0 Å². The Kier molecular flexibility index (Phi) is 6.77. The highest BCUT2D eigenvalue weighted by atomic mass is 16.5. The van der Waals surface area contributed by atoms with Crippen LogP contribution in [0.1, 0.15) is 33.6 Å². The molecule has 2 saturated heterocycles. The van der Waals surface area contributed by atoms with Gasteiger partial charge in [0.1, 0.15) is 0 Å². The number of hydrogen-bond acceptors (Lipinski definition) is 4. The van der Waals surface area contributed by atoms with Crippen LogP contribution in [0.15, 0.2) is 66.7 Å². The molecule has 2 heterocycles. The van der Waals surface area contributed by atoms with Crippen LogP contribution in [0.5, 0.6) is 0 Å². The van der Waals surface area contributed by atoms with Crippen molar-refractivity contribution in [1.29, 1.82) is 0 Å². The average Bonchev–Trinajstić information content (AvgIpc) is 2.92. The minimum Gasteiger partial charge on any atom is -0.378 e. The SMILES string of the molecule is O=C(Nc1cccc(C(=O)N2CCOCC2)c1)C1CCCN(C(=O)c2cccc3ccccc23)C1. The molecule has 3 aromatic rings. The molecule has 5 rings (SSSR count). The fourth-order valence-corrected chi connectivity index (χ4v) is 4.88. The maximum atomic E-state index is 13.4. The number of anilines is 1. The minimum atomic E-state index is -0.304. The summed E-state index contributed by atoms with van der Waals surface area (Å²) in [5.74, 6) is -0.538. The molecular formula is C28H29N3O4. The Morgan fingerprint density at radius 2 is 1.60 bits per heavy atom. The molecule has 0 bridgehead atoms. The highest BCUT2D eigenvalue weighted by Gasteiger charge is 2.30. The van der Waals surface area contributed by atoms with Crippen molar-refractivity contribution in [3.8, 4) is 0 Å². The van der Waals surface area contributed by atoms with Gasteiger partial charge in [0.05, 0.1) is 19.1 Å². The second-order valence-corrected chi connectivity index (χ2v) is 9.09. The van der Waals surface area contributed by atoms with Crippen LogP contribution in [0, 0.1) is 5.92 Å². The summed E-state index contributed by atoms with van der Waals surface area (Å²) in [5, 5.41) is 4.91. The van der Waals surface area contributed by atoms with Crippen LogP contribution in [0.4, 0.5) is 5.69 Å². The predicted octanol–water partition coefficient (Wildman–Crippen LogP) is 3.80. The summed E-state index contributed by atoms with van der Waals surface area (Å²) in [4.78, 5) is 42.8. The van der Waals surface area contributed by atoms with Gasteiger partial charge in [-0.25, -0.2) is 0 Å². The Hall–Kier alpha value is -3.71. The van der Waals surface area contributed by atoms with Gasteiger partial charge in [-0.3, -0.25) is 14.4 Å². The number of hydrogen-bond donors (Lipinski definition) is 1. The molecule has 2 fully saturated rings. The van der Waals surface area contributed by atoms with Crippen LogP contribution in [-0.2, 0) is 9.53 Å². The van der Waals surface area contributed by atoms with E-state index in [1.54, 1.807) is 34.1 Å². The summed E-state index contributed by atoms with van der Waals surface area (Å²) >= 11 is 0. The number of morpholine rings is 1. The Labute approximate surface area is 204 Å². The smallest absolute Gasteiger partial charge is 0.254 e. The third-order valence-corrected chi connectivity index (χ3v) is 6.77. The van der Waals surface area contributed by atoms with Gasteiger partial charge >= 0.3 is 0 Å². The summed E-state index contributed by atoms with van der Waals surface area (Å²) in [6.45, 7) is 3.22. The topological polar surface area (TPSA) is 79.0 Å². The zero-order valence-electron chi connectivity index (χ0n) is 19.6. The first-order valence-corrected chi connectivity index (χ1v) is 12.1. The molecule has 3 aromatic carbocycles. The number of fused-ring (bicyclic) bond motifs is 1. The Morgan fingerprint density at radius 3 is 2.46 bits per heavy atom. The van der Waals surface area contributed by atoms with E-state index in [-0.39, 0.29) is 23.6 Å². The number of nitrogens with one attached hydrogen (secondary N) is 1. The zero-order valence-corrected chi connectivity index (χ0v) is 19.6. The summed E-state index contributed by atoms with van der Waals surface area (Å²) in [5.41, 5.74) is 1.80. The molecule has 1 atom stereocenters. The lowest BCUT2D eigenvalue weighted by Gasteiger charge is -2.32. The molecule has 7 heteroatoms. The van der Waals surface area contributed by atoms with E-state index in [4.69, 9.17) is 4.74 Å². The van der Waals surface area contributed by atoms with Crippen molar-refractivity contribution in [2.24, 2.45) is 5.92 Å². The summed E-state index contributed by atoms with van der Waals surface area (Å²) in [6, 6.07) is 20.6. The number of piperidine rings is 1. The molecule has 0 spiro atoms. The molecule has 3 amide bonds. The number of carbonyl (C=O) groups is 3. The molecule has 7 nitrogen and oxygen atoms in total. The number of likely N-dealkylation sites (tertiary alicyclic amines) is 1. The van der Waals surface area contributed by atoms with E-state index < -0.39 is 0 Å². The van der Waals surface area contributed by atoms with Gasteiger partial charge in [-0.05, 0) is 47.9 Å². The lowest BCUT2D eigenvalue weighted by Crippen LogP contribution is -2.43. The monoisotopic (exact) mass is 471 g/mol. The van der Waals surface area contributed by atoms with Crippen molar-refractivity contribution < 1.29 is 19.1 Å². The molecule has 2 aliphatic heterocycles. The van der Waals surface area contributed by atoms with Crippen molar-refractivity contribution in [2.75, 3.05) is 44.7 Å². The largest absolute Gasteiger partial charge is 0.378 e. The van der Waals surface area contributed by atoms with Gasteiger partial charge < -0.3 is 19.9 Å². The first kappa shape index (κ1) is 23.1. The van der Waals surface area contributed by atoms with Crippen LogP contribution in [-0.4, -0.2) is 66.9 Å². The van der Waals surface area contributed by atoms with Gasteiger partial charge in [0.15, 0.2) is 0 Å². The van der Waals surface area contributed by atoms with E-state index in [2.05, 4.69) is 5.32 Å². The van der Waals surface area contributed by atoms with Gasteiger partial charge in [-0.15, -0.1) is 0 Å². The molecule has 0 radical (unpaired) electrons. The van der Waals surface area contributed by atoms with Crippen LogP contribution >= 0.6 is 0 Å². The van der Waals surface area contributed by atoms with E-state index in [9.17, 15) is 14.4 Å². The third kappa shape index (κ3) is 5.05. The number of ether oxygens (including phenoxy) is 1. The summed E-state index contributed by atoms with van der Waals surface area (Å²) in [6.07, 6.45) is 1.49. The number of rotatable bonds is 4. The van der Waals surface area contributed by atoms with E-state index in [1.807, 2.05) is 42.5 Å². The first-order chi connectivity index (χ1) is 17.1. The Bertz CT molecular complexity index is 1250. The quantitative estimate of drug-likeness (QED) is 0.628. The number of amides is 3. The highest BCUT2D eigenvalue weighted by molar-refractivity contribution is 6.07. The van der Waals surface area contributed by atoms with Crippen molar-refractivity contribution in [3.05, 3.63) is 77.9 Å². The van der Waals surface area contributed by atoms with Gasteiger partial charge in [-0.2, -0.15) is 0 Å². The standard InChI is InChI=1S/C28H29N3O4/c32-26(29-23-10-3-8-21(18-23)27(33)30-14-16-35-17-15-30)22-9-5-13-31(19-22)28(34)25-12-4-7-20-6-1-2-11-24(20)25/h1-4,6-8,10-12,18,22H,5,9,13-17,19H2,(H,29,32). The van der Waals surface area contributed by atoms with E-state index in [0.29, 0.717) is 56.2 Å². The molecule has 0 saturated carbocycles. The molecule has 1 N–H and O–H groups in total. The molecule has 35 heavy (non-hydrogen) atoms. The highest BCUT2D eigenvalue weighted by Crippen LogP contribution is 2.25. The maximum absolute atomic E-state index is 13.4. The van der Waals surface area contributed by atoms with Gasteiger partial charge in [0.25, 0.3) is 11.8 Å². The lowest BCUT2D eigenvalue weighted by atomic mass is 9.95. The van der Waals surface area contributed by atoms with Crippen molar-refractivity contribution in [1.82, 2.24) is 9.80 Å². The zero-order chi connectivity index (χ0) is 24.2. The molecule has 2 aliphatic rings. The Balaban J connectivity index is 1.26. The molecular weight excluding hydrogens is 442 g/mol. The average molecular weight is 472 g/mol. The lowest BCUT2D eigenvalue weighted by molar-refractivity contribution is -0.121. The van der Waals surface area contributed by atoms with Crippen LogP contribution < -0.4 is 5.32 Å². The van der Waals surface area contributed by atoms with Crippen molar-refractivity contribution in [3.63, 3.8) is 0 Å². The maximum Gasteiger partial charge on any atom is 0.254 e. The van der Waals surface area contributed by atoms with E-state index in [0.717, 1.165) is 23.6 Å². The van der Waals surface area contributed by atoms with E-state index in [1.165, 1.54) is 0 Å². The second kappa shape index (κ2) is 10.3. The Morgan fingerprint density at radius 1 is 0.829 bits per heavy atom. The summed E-state index contributed by atoms with van der Waals surface area (Å²) in [7, 11) is 0. The van der Waals surface area contributed by atoms with Crippen molar-refractivity contribution in [2.45, 2.75) is 12.8 Å². The van der Waals surface area contributed by atoms with Crippen molar-refractivity contribution >= 4 is 34.2 Å². The number of benzene rings is 3. The number of carbonyl (C=O) groups excluding carboxylic acids is 3. The fraction of sp³-hybridized carbons (Fsp3) is 0.321. The van der Waals surface area contributed by atoms with Gasteiger partial charge in [0, 0.05) is 43.0 Å². The molecule has 180 valence electrons. The first-order valence-electron chi connectivity index (χ1n) is 12.1. The summed E-state index contributed by atoms with van der Waals surface area (Å²) < 4.78 is 5.33. The van der Waals surface area contributed by atoms with Crippen LogP contribution in [0.3, 0.4) is 0 Å². The molecule has 0 aliphatic carbocycles. The molecule has 1 unspecified atom stereocenters. The number of nitrogens with zero attached hydrogens (tertiary/aromatic N) is 2. The predicted molar refractivity (Wildman–Crippen MR) is 134 cm³/mol. The molecule has 0 aromatic heterocycles. The third-order valence-electron chi connectivity index (χ3n) is 6.77. The normalized spacial score (nSPS) is 18.3. The van der Waals surface area contributed by atoms with Gasteiger partial charge in [-0.1, -0.05) is 42.5 Å². The second-order valence-electron chi connectivity index (χ2n) is 9.09. The minimum absolute atomic E-state index is 0.0441. The van der Waals surface area contributed by atoms with E-state index >= 15 is 0 Å². The fourth-order valence-electron chi connectivity index (χ4n) is 4.88. The van der Waals surface area contributed by atoms with Crippen LogP contribution in [0.25, 0.3) is 10.8 Å².